The number of hydrogen-bond donors (Lipinski definition) is 1. The molecule has 18 heavy (non-hydrogen) atoms. The van der Waals surface area contributed by atoms with Gasteiger partial charge < -0.3 is 10.1 Å². The Balaban J connectivity index is 2.90. The van der Waals surface area contributed by atoms with E-state index in [2.05, 4.69) is 47.1 Å². The molecule has 1 rings (SSSR count). The van der Waals surface area contributed by atoms with Crippen LogP contribution in [-0.2, 0) is 11.3 Å². The second-order valence-corrected chi connectivity index (χ2v) is 5.36. The second-order valence-electron chi connectivity index (χ2n) is 4.57. The van der Waals surface area contributed by atoms with Gasteiger partial charge in [-0.25, -0.2) is 4.68 Å². The van der Waals surface area contributed by atoms with E-state index in [-0.39, 0.29) is 11.6 Å². The zero-order valence-electron chi connectivity index (χ0n) is 11.2. The molecule has 1 unspecified atom stereocenters. The maximum Gasteiger partial charge on any atom is 0.283 e. The van der Waals surface area contributed by atoms with Crippen molar-refractivity contribution >= 4 is 21.6 Å². The molecule has 6 heteroatoms. The maximum atomic E-state index is 12.0. The van der Waals surface area contributed by atoms with Gasteiger partial charge in [-0.15, -0.1) is 0 Å². The number of ether oxygens (including phenoxy) is 1. The number of anilines is 1. The molecule has 0 saturated carbocycles. The van der Waals surface area contributed by atoms with E-state index in [4.69, 9.17) is 4.74 Å². The van der Waals surface area contributed by atoms with Crippen molar-refractivity contribution in [3.05, 3.63) is 21.0 Å². The van der Waals surface area contributed by atoms with Crippen LogP contribution in [0.1, 0.15) is 20.8 Å². The highest BCUT2D eigenvalue weighted by atomic mass is 79.9. The van der Waals surface area contributed by atoms with Crippen molar-refractivity contribution in [1.29, 1.82) is 0 Å². The lowest BCUT2D eigenvalue weighted by Crippen LogP contribution is -2.28. The summed E-state index contributed by atoms with van der Waals surface area (Å²) in [7, 11) is 1.60. The Morgan fingerprint density at radius 3 is 2.72 bits per heavy atom. The largest absolute Gasteiger partial charge is 0.383 e. The summed E-state index contributed by atoms with van der Waals surface area (Å²) in [6.45, 7) is 7.24. The number of nitrogens with zero attached hydrogens (tertiary/aromatic N) is 2. The summed E-state index contributed by atoms with van der Waals surface area (Å²) < 4.78 is 6.84. The Labute approximate surface area is 116 Å². The van der Waals surface area contributed by atoms with E-state index in [0.717, 1.165) is 5.69 Å². The molecule has 0 saturated heterocycles. The molecule has 1 aromatic heterocycles. The molecule has 0 aromatic carbocycles. The van der Waals surface area contributed by atoms with Crippen LogP contribution in [0.15, 0.2) is 15.5 Å². The fourth-order valence-corrected chi connectivity index (χ4v) is 1.74. The van der Waals surface area contributed by atoms with E-state index in [9.17, 15) is 4.79 Å². The summed E-state index contributed by atoms with van der Waals surface area (Å²) in [5, 5.41) is 7.40. The van der Waals surface area contributed by atoms with Crippen molar-refractivity contribution in [2.45, 2.75) is 33.4 Å². The summed E-state index contributed by atoms with van der Waals surface area (Å²) in [5.41, 5.74) is 0.586. The fraction of sp³-hybridized carbons (Fsp3) is 0.667. The minimum absolute atomic E-state index is 0.145. The number of nitrogens with one attached hydrogen (secondary N) is 1. The lowest BCUT2D eigenvalue weighted by Gasteiger charge is -2.19. The molecule has 0 fully saturated rings. The molecule has 102 valence electrons. The zero-order chi connectivity index (χ0) is 13.7. The minimum atomic E-state index is -0.145. The highest BCUT2D eigenvalue weighted by molar-refractivity contribution is 9.10. The van der Waals surface area contributed by atoms with Crippen LogP contribution < -0.4 is 10.9 Å². The highest BCUT2D eigenvalue weighted by Crippen LogP contribution is 2.18. The normalized spacial score (nSPS) is 12.8. The van der Waals surface area contributed by atoms with Gasteiger partial charge in [-0.3, -0.25) is 4.79 Å². The Bertz CT molecular complexity index is 445. The summed E-state index contributed by atoms with van der Waals surface area (Å²) in [5.74, 6) is 0.479. The first-order valence-electron chi connectivity index (χ1n) is 5.98. The zero-order valence-corrected chi connectivity index (χ0v) is 12.8. The minimum Gasteiger partial charge on any atom is -0.383 e. The molecule has 1 heterocycles. The van der Waals surface area contributed by atoms with Crippen molar-refractivity contribution in [2.75, 3.05) is 19.0 Å². The van der Waals surface area contributed by atoms with Crippen LogP contribution in [0, 0.1) is 5.92 Å². The molecular weight excluding hydrogens is 298 g/mol. The van der Waals surface area contributed by atoms with Crippen LogP contribution in [0.4, 0.5) is 5.69 Å². The summed E-state index contributed by atoms with van der Waals surface area (Å²) in [4.78, 5) is 12.0. The first-order chi connectivity index (χ1) is 8.47. The molecule has 0 amide bonds. The van der Waals surface area contributed by atoms with E-state index in [0.29, 0.717) is 23.5 Å². The Hall–Kier alpha value is -0.880. The van der Waals surface area contributed by atoms with Gasteiger partial charge in [0.2, 0.25) is 0 Å². The average Bonchev–Trinajstić information content (AvgIpc) is 2.34. The van der Waals surface area contributed by atoms with Crippen molar-refractivity contribution < 1.29 is 4.74 Å². The molecule has 0 aliphatic carbocycles. The number of rotatable bonds is 6. The molecule has 0 spiro atoms. The van der Waals surface area contributed by atoms with Crippen LogP contribution in [0.3, 0.4) is 0 Å². The van der Waals surface area contributed by atoms with Gasteiger partial charge in [0.1, 0.15) is 4.47 Å². The van der Waals surface area contributed by atoms with E-state index >= 15 is 0 Å². The topological polar surface area (TPSA) is 56.1 Å². The predicted molar refractivity (Wildman–Crippen MR) is 76.0 cm³/mol. The first kappa shape index (κ1) is 15.2. The van der Waals surface area contributed by atoms with Crippen LogP contribution in [-0.4, -0.2) is 29.5 Å². The summed E-state index contributed by atoms with van der Waals surface area (Å²) in [6.07, 6.45) is 1.67. The smallest absolute Gasteiger partial charge is 0.283 e. The van der Waals surface area contributed by atoms with Crippen molar-refractivity contribution in [3.8, 4) is 0 Å². The van der Waals surface area contributed by atoms with Gasteiger partial charge >= 0.3 is 0 Å². The fourth-order valence-electron chi connectivity index (χ4n) is 1.31. The van der Waals surface area contributed by atoms with Crippen molar-refractivity contribution in [2.24, 2.45) is 5.92 Å². The van der Waals surface area contributed by atoms with Crippen molar-refractivity contribution in [3.63, 3.8) is 0 Å². The number of halogens is 1. The van der Waals surface area contributed by atoms with Gasteiger partial charge in [-0.2, -0.15) is 5.10 Å². The van der Waals surface area contributed by atoms with Gasteiger partial charge in [-0.05, 0) is 28.8 Å². The van der Waals surface area contributed by atoms with Crippen molar-refractivity contribution in [1.82, 2.24) is 9.78 Å². The second kappa shape index (κ2) is 6.89. The number of hydrogen-bond acceptors (Lipinski definition) is 4. The van der Waals surface area contributed by atoms with Gasteiger partial charge in [0, 0.05) is 13.2 Å². The Kier molecular flexibility index (Phi) is 5.81. The van der Waals surface area contributed by atoms with E-state index in [1.165, 1.54) is 4.68 Å². The van der Waals surface area contributed by atoms with E-state index < -0.39 is 0 Å². The maximum absolute atomic E-state index is 12.0. The summed E-state index contributed by atoms with van der Waals surface area (Å²) in [6, 6.07) is 0.275. The van der Waals surface area contributed by atoms with Gasteiger partial charge in [0.05, 0.1) is 25.0 Å². The van der Waals surface area contributed by atoms with Crippen LogP contribution in [0.25, 0.3) is 0 Å². The van der Waals surface area contributed by atoms with E-state index in [1.807, 2.05) is 0 Å². The molecule has 0 aliphatic rings. The van der Waals surface area contributed by atoms with Crippen LogP contribution in [0.2, 0.25) is 0 Å². The highest BCUT2D eigenvalue weighted by Gasteiger charge is 2.12. The molecule has 1 N–H and O–H groups in total. The van der Waals surface area contributed by atoms with E-state index in [1.54, 1.807) is 13.3 Å². The number of methoxy groups -OCH3 is 1. The third kappa shape index (κ3) is 3.81. The molecule has 0 radical (unpaired) electrons. The molecule has 1 aromatic rings. The average molecular weight is 318 g/mol. The third-order valence-electron chi connectivity index (χ3n) is 2.88. The Morgan fingerprint density at radius 1 is 1.50 bits per heavy atom. The Morgan fingerprint density at radius 2 is 2.17 bits per heavy atom. The molecule has 5 nitrogen and oxygen atoms in total. The van der Waals surface area contributed by atoms with Gasteiger partial charge in [0.15, 0.2) is 0 Å². The van der Waals surface area contributed by atoms with Crippen LogP contribution >= 0.6 is 15.9 Å². The third-order valence-corrected chi connectivity index (χ3v) is 3.64. The molecular formula is C12H20BrN3O2. The monoisotopic (exact) mass is 317 g/mol. The SMILES string of the molecule is COCCn1ncc(NC(C)C(C)C)c(Br)c1=O. The first-order valence-corrected chi connectivity index (χ1v) is 6.77. The molecule has 0 bridgehead atoms. The standard InChI is InChI=1S/C12H20BrN3O2/c1-8(2)9(3)15-10-7-14-16(5-6-18-4)12(17)11(10)13/h7-9,15H,5-6H2,1-4H3. The van der Waals surface area contributed by atoms with Gasteiger partial charge in [0.25, 0.3) is 5.56 Å². The molecule has 1 atom stereocenters. The quantitative estimate of drug-likeness (QED) is 0.873. The predicted octanol–water partition coefficient (Wildman–Crippen LogP) is 2.11. The lowest BCUT2D eigenvalue weighted by molar-refractivity contribution is 0.181. The van der Waals surface area contributed by atoms with Crippen LogP contribution in [0.5, 0.6) is 0 Å². The lowest BCUT2D eigenvalue weighted by atomic mass is 10.1. The summed E-state index contributed by atoms with van der Waals surface area (Å²) >= 11 is 3.32. The molecule has 0 aliphatic heterocycles. The van der Waals surface area contributed by atoms with Gasteiger partial charge in [-0.1, -0.05) is 13.8 Å². The number of aromatic nitrogens is 2.